The van der Waals surface area contributed by atoms with E-state index in [4.69, 9.17) is 5.73 Å². The number of sulfonamides is 2. The van der Waals surface area contributed by atoms with Crippen LogP contribution in [0.5, 0.6) is 0 Å². The van der Waals surface area contributed by atoms with E-state index in [2.05, 4.69) is 0 Å². The van der Waals surface area contributed by atoms with E-state index in [1.54, 1.807) is 12.1 Å². The fourth-order valence-corrected chi connectivity index (χ4v) is 5.72. The third-order valence-electron chi connectivity index (χ3n) is 3.95. The first-order valence-electron chi connectivity index (χ1n) is 6.58. The Morgan fingerprint density at radius 3 is 2.14 bits per heavy atom. The maximum Gasteiger partial charge on any atom is 0.245 e. The number of hydrogen-bond donors (Lipinski definition) is 1. The van der Waals surface area contributed by atoms with Gasteiger partial charge in [-0.3, -0.25) is 0 Å². The van der Waals surface area contributed by atoms with Gasteiger partial charge in [0, 0.05) is 6.04 Å². The highest BCUT2D eigenvalue weighted by Gasteiger charge is 2.36. The maximum absolute atomic E-state index is 11.8. The molecule has 1 aromatic carbocycles. The van der Waals surface area contributed by atoms with Gasteiger partial charge in [-0.15, -0.1) is 0 Å². The molecule has 0 radical (unpaired) electrons. The highest BCUT2D eigenvalue weighted by Crippen LogP contribution is 2.42. The van der Waals surface area contributed by atoms with Crippen LogP contribution in [0.25, 0.3) is 0 Å². The van der Waals surface area contributed by atoms with E-state index < -0.39 is 20.0 Å². The van der Waals surface area contributed by atoms with Gasteiger partial charge in [-0.1, -0.05) is 19.1 Å². The second-order valence-corrected chi connectivity index (χ2v) is 9.58. The smallest absolute Gasteiger partial charge is 0.245 e. The van der Waals surface area contributed by atoms with Crippen molar-refractivity contribution in [2.24, 2.45) is 11.7 Å². The van der Waals surface area contributed by atoms with Crippen molar-refractivity contribution < 1.29 is 16.8 Å². The van der Waals surface area contributed by atoms with Crippen molar-refractivity contribution in [3.05, 3.63) is 29.8 Å². The second kappa shape index (κ2) is 5.26. The van der Waals surface area contributed by atoms with Gasteiger partial charge in [0.2, 0.25) is 20.0 Å². The van der Waals surface area contributed by atoms with Gasteiger partial charge in [-0.2, -0.15) is 3.71 Å². The molecule has 1 aliphatic rings. The third kappa shape index (κ3) is 3.22. The Morgan fingerprint density at radius 2 is 1.71 bits per heavy atom. The molecule has 8 heteroatoms. The van der Waals surface area contributed by atoms with Crippen molar-refractivity contribution in [2.45, 2.75) is 25.3 Å². The van der Waals surface area contributed by atoms with E-state index in [1.807, 2.05) is 13.0 Å². The molecule has 21 heavy (non-hydrogen) atoms. The molecular weight excluding hydrogens is 312 g/mol. The van der Waals surface area contributed by atoms with Crippen molar-refractivity contribution in [2.75, 3.05) is 16.2 Å². The molecule has 1 fully saturated rings. The summed E-state index contributed by atoms with van der Waals surface area (Å²) in [5.41, 5.74) is 6.94. The molecule has 0 aromatic heterocycles. The standard InChI is InChI=1S/C13H20N2O4S2/c1-9-12(8-13(9)14)10-5-4-6-11(7-10)15(20(2,16)17)21(3,18)19/h4-7,9,12-13H,8,14H2,1-3H3. The van der Waals surface area contributed by atoms with Crippen LogP contribution in [0, 0.1) is 5.92 Å². The largest absolute Gasteiger partial charge is 0.327 e. The minimum Gasteiger partial charge on any atom is -0.327 e. The molecule has 2 rings (SSSR count). The van der Waals surface area contributed by atoms with Gasteiger partial charge in [0.25, 0.3) is 0 Å². The van der Waals surface area contributed by atoms with Crippen LogP contribution in [0.4, 0.5) is 5.69 Å². The van der Waals surface area contributed by atoms with Crippen LogP contribution >= 0.6 is 0 Å². The first kappa shape index (κ1) is 16.3. The van der Waals surface area contributed by atoms with E-state index in [0.717, 1.165) is 24.5 Å². The average Bonchev–Trinajstić information content (AvgIpc) is 2.32. The van der Waals surface area contributed by atoms with Crippen molar-refractivity contribution in [3.8, 4) is 0 Å². The van der Waals surface area contributed by atoms with Crippen molar-refractivity contribution in [1.29, 1.82) is 0 Å². The van der Waals surface area contributed by atoms with Crippen LogP contribution < -0.4 is 9.44 Å². The summed E-state index contributed by atoms with van der Waals surface area (Å²) >= 11 is 0. The quantitative estimate of drug-likeness (QED) is 0.882. The first-order chi connectivity index (χ1) is 9.51. The van der Waals surface area contributed by atoms with E-state index in [1.165, 1.54) is 6.07 Å². The molecule has 0 spiro atoms. The summed E-state index contributed by atoms with van der Waals surface area (Å²) in [6.45, 7) is 2.04. The number of nitrogens with two attached hydrogens (primary N) is 1. The first-order valence-corrected chi connectivity index (χ1v) is 10.3. The molecule has 6 nitrogen and oxygen atoms in total. The van der Waals surface area contributed by atoms with Gasteiger partial charge in [0.1, 0.15) is 0 Å². The lowest BCUT2D eigenvalue weighted by molar-refractivity contribution is 0.226. The van der Waals surface area contributed by atoms with Crippen LogP contribution in [0.2, 0.25) is 0 Å². The zero-order chi connectivity index (χ0) is 16.0. The monoisotopic (exact) mass is 332 g/mol. The maximum atomic E-state index is 11.8. The van der Waals surface area contributed by atoms with Crippen molar-refractivity contribution >= 4 is 25.7 Å². The Balaban J connectivity index is 2.45. The molecule has 1 aliphatic carbocycles. The fraction of sp³-hybridized carbons (Fsp3) is 0.538. The van der Waals surface area contributed by atoms with E-state index in [9.17, 15) is 16.8 Å². The van der Waals surface area contributed by atoms with Gasteiger partial charge < -0.3 is 5.73 Å². The van der Waals surface area contributed by atoms with Gasteiger partial charge in [0.15, 0.2) is 0 Å². The Labute approximate surface area is 126 Å². The highest BCUT2D eigenvalue weighted by molar-refractivity contribution is 8.09. The number of rotatable bonds is 4. The Morgan fingerprint density at radius 1 is 1.14 bits per heavy atom. The number of nitrogens with zero attached hydrogens (tertiary/aromatic N) is 1. The predicted molar refractivity (Wildman–Crippen MR) is 83.1 cm³/mol. The van der Waals surface area contributed by atoms with Crippen LogP contribution in [0.15, 0.2) is 24.3 Å². The van der Waals surface area contributed by atoms with Gasteiger partial charge in [0.05, 0.1) is 18.2 Å². The average molecular weight is 332 g/mol. The van der Waals surface area contributed by atoms with Crippen molar-refractivity contribution in [1.82, 2.24) is 0 Å². The molecule has 0 saturated heterocycles. The normalized spacial score (nSPS) is 26.2. The number of hydrogen-bond acceptors (Lipinski definition) is 5. The van der Waals surface area contributed by atoms with Crippen molar-refractivity contribution in [3.63, 3.8) is 0 Å². The fourth-order valence-electron chi connectivity index (χ4n) is 2.76. The molecule has 0 aliphatic heterocycles. The summed E-state index contributed by atoms with van der Waals surface area (Å²) in [4.78, 5) is 0. The lowest BCUT2D eigenvalue weighted by Gasteiger charge is -2.41. The summed E-state index contributed by atoms with van der Waals surface area (Å²) < 4.78 is 47.6. The van der Waals surface area contributed by atoms with E-state index >= 15 is 0 Å². The summed E-state index contributed by atoms with van der Waals surface area (Å²) in [7, 11) is -7.82. The van der Waals surface area contributed by atoms with Crippen LogP contribution in [-0.4, -0.2) is 35.4 Å². The zero-order valence-electron chi connectivity index (χ0n) is 12.2. The summed E-state index contributed by atoms with van der Waals surface area (Å²) in [5, 5.41) is 0. The summed E-state index contributed by atoms with van der Waals surface area (Å²) in [6.07, 6.45) is 2.58. The molecule has 1 saturated carbocycles. The molecule has 2 N–H and O–H groups in total. The molecule has 118 valence electrons. The molecule has 1 aromatic rings. The topological polar surface area (TPSA) is 97.5 Å². The zero-order valence-corrected chi connectivity index (χ0v) is 13.9. The summed E-state index contributed by atoms with van der Waals surface area (Å²) in [6, 6.07) is 6.79. The van der Waals surface area contributed by atoms with Crippen LogP contribution in [-0.2, 0) is 20.0 Å². The molecule has 0 amide bonds. The minimum absolute atomic E-state index is 0.138. The number of anilines is 1. The minimum atomic E-state index is -3.91. The predicted octanol–water partition coefficient (Wildman–Crippen LogP) is 0.863. The Kier molecular flexibility index (Phi) is 4.07. The van der Waals surface area contributed by atoms with Crippen LogP contribution in [0.3, 0.4) is 0 Å². The van der Waals surface area contributed by atoms with Gasteiger partial charge in [-0.25, -0.2) is 16.8 Å². The lowest BCUT2D eigenvalue weighted by atomic mass is 9.67. The number of benzene rings is 1. The third-order valence-corrected chi connectivity index (χ3v) is 7.20. The SMILES string of the molecule is CC1C(N)CC1c1cccc(N(S(C)(=O)=O)S(C)(=O)=O)c1. The van der Waals surface area contributed by atoms with Crippen LogP contribution in [0.1, 0.15) is 24.8 Å². The van der Waals surface area contributed by atoms with Gasteiger partial charge >= 0.3 is 0 Å². The Hall–Kier alpha value is -1.12. The van der Waals surface area contributed by atoms with E-state index in [0.29, 0.717) is 9.63 Å². The Bertz CT molecular complexity index is 711. The van der Waals surface area contributed by atoms with Gasteiger partial charge in [-0.05, 0) is 36.0 Å². The molecule has 3 atom stereocenters. The highest BCUT2D eigenvalue weighted by atomic mass is 32.3. The molecular formula is C13H20N2O4S2. The second-order valence-electron chi connectivity index (χ2n) is 5.68. The lowest BCUT2D eigenvalue weighted by Crippen LogP contribution is -2.44. The van der Waals surface area contributed by atoms with E-state index in [-0.39, 0.29) is 17.6 Å². The molecule has 0 heterocycles. The summed E-state index contributed by atoms with van der Waals surface area (Å²) in [5.74, 6) is 0.533. The molecule has 3 unspecified atom stereocenters. The molecule has 0 bridgehead atoms.